The van der Waals surface area contributed by atoms with Crippen molar-refractivity contribution < 1.29 is 4.79 Å². The number of carbonyl (C=O) groups excluding carboxylic acids is 1. The fourth-order valence-electron chi connectivity index (χ4n) is 6.26. The van der Waals surface area contributed by atoms with E-state index in [1.807, 2.05) is 0 Å². The number of likely N-dealkylation sites (tertiary alicyclic amines) is 1. The summed E-state index contributed by atoms with van der Waals surface area (Å²) in [7, 11) is 4.48. The monoisotopic (exact) mass is 575 g/mol. The van der Waals surface area contributed by atoms with Crippen LogP contribution in [0.1, 0.15) is 82.1 Å². The first kappa shape index (κ1) is 23.9. The second-order valence-corrected chi connectivity index (χ2v) is 20.3. The van der Waals surface area contributed by atoms with Crippen molar-refractivity contribution in [2.45, 2.75) is 86.7 Å². The van der Waals surface area contributed by atoms with Crippen LogP contribution >= 0.6 is 8.85 Å². The van der Waals surface area contributed by atoms with Gasteiger partial charge in [0, 0.05) is 0 Å². The van der Waals surface area contributed by atoms with Gasteiger partial charge in [-0.2, -0.15) is 0 Å². The molecular weight excluding hydrogens is 536 g/mol. The Morgan fingerprint density at radius 3 is 2.42 bits per heavy atom. The van der Waals surface area contributed by atoms with Crippen molar-refractivity contribution in [3.05, 3.63) is 30.0 Å². The van der Waals surface area contributed by atoms with Crippen LogP contribution in [-0.2, 0) is 11.8 Å². The number of aryl methyl sites for hydroxylation is 1. The Balaban J connectivity index is 1.25. The zero-order chi connectivity index (χ0) is 22.8. The molecule has 1 amide bonds. The maximum absolute atomic E-state index is 12.9. The molecule has 3 fully saturated rings. The molecule has 2 heterocycles. The Morgan fingerprint density at radius 1 is 1.00 bits per heavy atom. The molecule has 1 saturated heterocycles. The second-order valence-electron chi connectivity index (χ2n) is 10.5. The van der Waals surface area contributed by atoms with Crippen LogP contribution in [0.25, 0.3) is 10.9 Å². The number of carbonyl (C=O) groups is 1. The van der Waals surface area contributed by atoms with E-state index >= 15 is 0 Å². The van der Waals surface area contributed by atoms with Gasteiger partial charge in [0.15, 0.2) is 0 Å². The van der Waals surface area contributed by atoms with Crippen LogP contribution in [0.5, 0.6) is 0 Å². The van der Waals surface area contributed by atoms with E-state index in [1.165, 1.54) is 67.1 Å². The van der Waals surface area contributed by atoms with E-state index in [4.69, 9.17) is 0 Å². The quantitative estimate of drug-likeness (QED) is 0.391. The third kappa shape index (κ3) is 5.55. The molecule has 33 heavy (non-hydrogen) atoms. The zero-order valence-electron chi connectivity index (χ0n) is 20.4. The molecule has 6 heteroatoms. The predicted octanol–water partition coefficient (Wildman–Crippen LogP) is 6.67. The van der Waals surface area contributed by atoms with Crippen LogP contribution in [0.4, 0.5) is 5.69 Å². The summed E-state index contributed by atoms with van der Waals surface area (Å²) < 4.78 is 6.26. The van der Waals surface area contributed by atoms with Gasteiger partial charge in [-0.05, 0) is 0 Å². The molecule has 1 aliphatic heterocycles. The van der Waals surface area contributed by atoms with Gasteiger partial charge in [0.1, 0.15) is 0 Å². The summed E-state index contributed by atoms with van der Waals surface area (Å²) in [4.78, 5) is 17.5. The van der Waals surface area contributed by atoms with Gasteiger partial charge in [-0.15, -0.1) is 0 Å². The summed E-state index contributed by atoms with van der Waals surface area (Å²) in [6, 6.07) is 7.01. The van der Waals surface area contributed by atoms with Crippen LogP contribution in [0.15, 0.2) is 24.4 Å². The number of aromatic nitrogens is 1. The molecule has 2 aliphatic carbocycles. The molecule has 1 aromatic heterocycles. The molecule has 0 bridgehead atoms. The van der Waals surface area contributed by atoms with Gasteiger partial charge in [0.2, 0.25) is 0 Å². The minimum atomic E-state index is -1.51. The number of hydrogen-bond acceptors (Lipinski definition) is 3. The van der Waals surface area contributed by atoms with Crippen molar-refractivity contribution in [3.8, 4) is 0 Å². The summed E-state index contributed by atoms with van der Waals surface area (Å²) in [5, 5.41) is 2.31. The molecule has 2 aromatic rings. The summed E-state index contributed by atoms with van der Waals surface area (Å²) in [5.74, 6) is 1.31. The van der Waals surface area contributed by atoms with Gasteiger partial charge >= 0.3 is 198 Å². The van der Waals surface area contributed by atoms with Crippen molar-refractivity contribution in [1.82, 2.24) is 9.47 Å². The third-order valence-electron chi connectivity index (χ3n) is 8.12. The molecular formula is C27H40N3OSSb. The summed E-state index contributed by atoms with van der Waals surface area (Å²) >= 11 is -1.51. The number of hydrogen-bond donors (Lipinski definition) is 1. The zero-order valence-corrected chi connectivity index (χ0v) is 23.8. The van der Waals surface area contributed by atoms with Gasteiger partial charge < -0.3 is 0 Å². The van der Waals surface area contributed by atoms with Gasteiger partial charge in [-0.3, -0.25) is 0 Å². The Kier molecular flexibility index (Phi) is 7.87. The first-order chi connectivity index (χ1) is 16.1. The molecule has 3 aliphatic rings. The van der Waals surface area contributed by atoms with Crippen molar-refractivity contribution in [2.75, 3.05) is 16.6 Å². The van der Waals surface area contributed by atoms with Crippen LogP contribution < -0.4 is 3.48 Å². The number of benzene rings is 1. The summed E-state index contributed by atoms with van der Waals surface area (Å²) in [5.41, 5.74) is 4.14. The number of piperidine rings is 1. The molecule has 5 rings (SSSR count). The Morgan fingerprint density at radius 2 is 1.70 bits per heavy atom. The standard InChI is InChI=1S/C20H26N3O.C6H12S.CH3.Sb/c1-22-13-18(17-12-16(21)6-7-19(17)22)14-8-10-23(11-9-14)20(24)15-4-2-3-5-15;7-6-4-2-1-3-5-6;;/h6-7,12-15,21H,2-5,8-11H2,1H3;6-7H,1-5H2;1H3;/q-1;;;+2/p-1. The number of anilines is 1. The van der Waals surface area contributed by atoms with E-state index in [1.54, 1.807) is 0 Å². The summed E-state index contributed by atoms with van der Waals surface area (Å²) in [6.07, 6.45) is 16.4. The Bertz CT molecular complexity index is 956. The van der Waals surface area contributed by atoms with Crippen molar-refractivity contribution in [1.29, 1.82) is 0 Å². The summed E-state index contributed by atoms with van der Waals surface area (Å²) in [6.45, 7) is 1.86. The van der Waals surface area contributed by atoms with E-state index in [0.29, 0.717) is 17.7 Å². The van der Waals surface area contributed by atoms with E-state index < -0.39 is 19.1 Å². The van der Waals surface area contributed by atoms with Gasteiger partial charge in [-0.25, -0.2) is 0 Å². The van der Waals surface area contributed by atoms with Crippen LogP contribution in [0.3, 0.4) is 0 Å². The number of nitrogens with zero attached hydrogens (tertiary/aromatic N) is 2. The number of amides is 1. The normalized spacial score (nSPS) is 21.4. The molecule has 0 radical (unpaired) electrons. The van der Waals surface area contributed by atoms with E-state index in [9.17, 15) is 4.79 Å². The maximum atomic E-state index is 12.9. The van der Waals surface area contributed by atoms with E-state index in [-0.39, 0.29) is 0 Å². The molecule has 0 unspecified atom stereocenters. The minimum absolute atomic E-state index is 0.312. The molecule has 1 aromatic carbocycles. The fraction of sp³-hybridized carbons (Fsp3) is 0.667. The second kappa shape index (κ2) is 10.9. The van der Waals surface area contributed by atoms with Crippen LogP contribution in [0, 0.1) is 5.92 Å². The third-order valence-corrected chi connectivity index (χ3v) is 16.7. The van der Waals surface area contributed by atoms with Gasteiger partial charge in [-0.1, -0.05) is 12.8 Å². The topological polar surface area (TPSA) is 37.3 Å². The average molecular weight is 576 g/mol. The number of rotatable bonds is 6. The molecule has 2 saturated carbocycles. The van der Waals surface area contributed by atoms with Gasteiger partial charge in [0.05, 0.1) is 0 Å². The Hall–Kier alpha value is -0.802. The van der Waals surface area contributed by atoms with Crippen molar-refractivity contribution >= 4 is 50.4 Å². The van der Waals surface area contributed by atoms with E-state index in [2.05, 4.69) is 58.1 Å². The molecule has 4 nitrogen and oxygen atoms in total. The van der Waals surface area contributed by atoms with E-state index in [0.717, 1.165) is 44.0 Å². The SMILES string of the molecule is Cn1cc(C2CCN(C(=O)C3CCCC3)CC2)c2cc([NH][Sb]([CH3])[S]C3CCCCC3)ccc21. The number of nitrogens with one attached hydrogen (secondary N) is 1. The van der Waals surface area contributed by atoms with Crippen molar-refractivity contribution in [2.24, 2.45) is 13.0 Å². The molecule has 0 spiro atoms. The number of fused-ring (bicyclic) bond motifs is 1. The first-order valence-corrected chi connectivity index (χ1v) is 20.9. The van der Waals surface area contributed by atoms with Crippen LogP contribution in [-0.4, -0.2) is 52.8 Å². The van der Waals surface area contributed by atoms with Crippen molar-refractivity contribution in [3.63, 3.8) is 0 Å². The first-order valence-electron chi connectivity index (χ1n) is 13.1. The predicted molar refractivity (Wildman–Crippen MR) is 143 cm³/mol. The van der Waals surface area contributed by atoms with Gasteiger partial charge in [0.25, 0.3) is 0 Å². The fourth-order valence-corrected chi connectivity index (χ4v) is 15.5. The molecule has 0 atom stereocenters. The Labute approximate surface area is 210 Å². The average Bonchev–Trinajstić information content (AvgIpc) is 3.48. The molecule has 180 valence electrons. The molecule has 1 N–H and O–H groups in total. The van der Waals surface area contributed by atoms with Crippen LogP contribution in [0.2, 0.25) is 4.87 Å².